The minimum absolute atomic E-state index is 0.0782. The van der Waals surface area contributed by atoms with E-state index in [0.717, 1.165) is 5.56 Å². The van der Waals surface area contributed by atoms with Gasteiger partial charge in [-0.2, -0.15) is 13.2 Å². The number of hydrogen-bond acceptors (Lipinski definition) is 4. The molecule has 5 nitrogen and oxygen atoms in total. The molecule has 0 aliphatic heterocycles. The van der Waals surface area contributed by atoms with Crippen molar-refractivity contribution in [3.8, 4) is 11.3 Å². The highest BCUT2D eigenvalue weighted by atomic mass is 19.4. The minimum atomic E-state index is -4.83. The van der Waals surface area contributed by atoms with Crippen molar-refractivity contribution in [3.05, 3.63) is 46.6 Å². The van der Waals surface area contributed by atoms with E-state index in [-0.39, 0.29) is 30.2 Å². The van der Waals surface area contributed by atoms with Crippen molar-refractivity contribution < 1.29 is 32.2 Å². The first-order chi connectivity index (χ1) is 13.1. The molecule has 1 aromatic carbocycles. The lowest BCUT2D eigenvalue weighted by molar-refractivity contribution is -0.142. The summed E-state index contributed by atoms with van der Waals surface area (Å²) in [7, 11) is 1.39. The van der Waals surface area contributed by atoms with Crippen LogP contribution in [0.25, 0.3) is 11.3 Å². The van der Waals surface area contributed by atoms with Crippen molar-refractivity contribution in [2.75, 3.05) is 13.2 Å². The summed E-state index contributed by atoms with van der Waals surface area (Å²) in [5, 5.41) is 0. The Bertz CT molecular complexity index is 884. The molecular weight excluding hydrogens is 375 g/mol. The molecule has 0 unspecified atom stereocenters. The van der Waals surface area contributed by atoms with Crippen molar-refractivity contribution in [2.45, 2.75) is 33.4 Å². The zero-order valence-corrected chi connectivity index (χ0v) is 16.1. The molecule has 0 N–H and O–H groups in total. The van der Waals surface area contributed by atoms with E-state index in [1.807, 2.05) is 0 Å². The normalized spacial score (nSPS) is 11.4. The van der Waals surface area contributed by atoms with Gasteiger partial charge in [-0.05, 0) is 32.4 Å². The highest BCUT2D eigenvalue weighted by Gasteiger charge is 2.43. The maximum absolute atomic E-state index is 14.0. The molecule has 0 amide bonds. The number of ether oxygens (including phenoxy) is 2. The van der Waals surface area contributed by atoms with E-state index >= 15 is 0 Å². The fraction of sp³-hybridized carbons (Fsp3) is 0.400. The average Bonchev–Trinajstić information content (AvgIpc) is 2.88. The monoisotopic (exact) mass is 397 g/mol. The lowest BCUT2D eigenvalue weighted by Crippen LogP contribution is -2.17. The second-order valence-electron chi connectivity index (χ2n) is 6.17. The number of aryl methyl sites for hydroxylation is 1. The Morgan fingerprint density at radius 1 is 1.11 bits per heavy atom. The number of carbonyl (C=O) groups excluding carboxylic acids is 2. The highest BCUT2D eigenvalue weighted by molar-refractivity contribution is 5.97. The summed E-state index contributed by atoms with van der Waals surface area (Å²) < 4.78 is 53.1. The van der Waals surface area contributed by atoms with Crippen LogP contribution in [0.1, 0.15) is 41.0 Å². The van der Waals surface area contributed by atoms with Gasteiger partial charge in [-0.3, -0.25) is 4.79 Å². The summed E-state index contributed by atoms with van der Waals surface area (Å²) in [6.07, 6.45) is -5.31. The Kier molecular flexibility index (Phi) is 6.53. The summed E-state index contributed by atoms with van der Waals surface area (Å²) in [4.78, 5) is 24.4. The van der Waals surface area contributed by atoms with E-state index in [4.69, 9.17) is 9.47 Å². The molecule has 0 aliphatic carbocycles. The van der Waals surface area contributed by atoms with Gasteiger partial charge in [-0.15, -0.1) is 0 Å². The summed E-state index contributed by atoms with van der Waals surface area (Å²) in [5.41, 5.74) is -1.01. The van der Waals surface area contributed by atoms with E-state index in [1.165, 1.54) is 24.6 Å². The standard InChI is InChI=1S/C20H22F3NO4/c1-5-27-15(25)11-14-16(19(26)28-6-2)17(20(21,22)23)18(24(14)4)13-9-7-8-12(3)10-13/h7-10H,5-6,11H2,1-4H3. The number of nitrogens with zero attached hydrogens (tertiary/aromatic N) is 1. The molecule has 0 aliphatic rings. The second-order valence-corrected chi connectivity index (χ2v) is 6.17. The molecule has 0 saturated carbocycles. The molecule has 2 aromatic rings. The van der Waals surface area contributed by atoms with Crippen molar-refractivity contribution >= 4 is 11.9 Å². The zero-order valence-electron chi connectivity index (χ0n) is 16.1. The van der Waals surface area contributed by atoms with Gasteiger partial charge in [0.1, 0.15) is 0 Å². The Labute approximate surface area is 161 Å². The predicted molar refractivity (Wildman–Crippen MR) is 96.9 cm³/mol. The Morgan fingerprint density at radius 3 is 2.29 bits per heavy atom. The van der Waals surface area contributed by atoms with Gasteiger partial charge in [0.05, 0.1) is 36.5 Å². The Hall–Kier alpha value is -2.77. The topological polar surface area (TPSA) is 57.5 Å². The van der Waals surface area contributed by atoms with Crippen LogP contribution in [0, 0.1) is 6.92 Å². The third kappa shape index (κ3) is 4.37. The number of esters is 2. The van der Waals surface area contributed by atoms with Crippen LogP contribution < -0.4 is 0 Å². The molecule has 8 heteroatoms. The molecule has 1 heterocycles. The summed E-state index contributed by atoms with van der Waals surface area (Å²) in [6.45, 7) is 4.83. The molecule has 0 fully saturated rings. The largest absolute Gasteiger partial charge is 0.466 e. The lowest BCUT2D eigenvalue weighted by Gasteiger charge is -2.12. The van der Waals surface area contributed by atoms with Crippen LogP contribution in [0.5, 0.6) is 0 Å². The smallest absolute Gasteiger partial charge is 0.419 e. The maximum atomic E-state index is 14.0. The van der Waals surface area contributed by atoms with Gasteiger partial charge in [-0.1, -0.05) is 23.8 Å². The molecule has 0 spiro atoms. The second kappa shape index (κ2) is 8.50. The third-order valence-electron chi connectivity index (χ3n) is 4.19. The van der Waals surface area contributed by atoms with Gasteiger partial charge in [0, 0.05) is 12.7 Å². The van der Waals surface area contributed by atoms with E-state index in [0.29, 0.717) is 0 Å². The van der Waals surface area contributed by atoms with Crippen LogP contribution in [-0.2, 0) is 33.9 Å². The molecule has 152 valence electrons. The first kappa shape index (κ1) is 21.5. The number of aromatic nitrogens is 1. The van der Waals surface area contributed by atoms with E-state index in [1.54, 1.807) is 32.0 Å². The SMILES string of the molecule is CCOC(=O)Cc1c(C(=O)OCC)c(C(F)(F)F)c(-c2cccc(C)c2)n1C. The Morgan fingerprint density at radius 2 is 1.75 bits per heavy atom. The molecule has 0 saturated heterocycles. The van der Waals surface area contributed by atoms with Gasteiger partial charge >= 0.3 is 18.1 Å². The fourth-order valence-electron chi connectivity index (χ4n) is 3.12. The number of hydrogen-bond donors (Lipinski definition) is 0. The summed E-state index contributed by atoms with van der Waals surface area (Å²) in [5.74, 6) is -1.85. The van der Waals surface area contributed by atoms with Gasteiger partial charge in [-0.25, -0.2) is 4.79 Å². The lowest BCUT2D eigenvalue weighted by atomic mass is 10.0. The van der Waals surface area contributed by atoms with Crippen LogP contribution in [-0.4, -0.2) is 29.7 Å². The molecule has 0 atom stereocenters. The molecule has 0 radical (unpaired) electrons. The molecular formula is C20H22F3NO4. The minimum Gasteiger partial charge on any atom is -0.466 e. The maximum Gasteiger partial charge on any atom is 0.419 e. The van der Waals surface area contributed by atoms with Crippen molar-refractivity contribution in [2.24, 2.45) is 7.05 Å². The fourth-order valence-corrected chi connectivity index (χ4v) is 3.12. The van der Waals surface area contributed by atoms with Crippen LogP contribution in [0.15, 0.2) is 24.3 Å². The van der Waals surface area contributed by atoms with Crippen LogP contribution in [0.4, 0.5) is 13.2 Å². The van der Waals surface area contributed by atoms with E-state index in [9.17, 15) is 22.8 Å². The van der Waals surface area contributed by atoms with Crippen molar-refractivity contribution in [3.63, 3.8) is 0 Å². The zero-order chi connectivity index (χ0) is 21.1. The van der Waals surface area contributed by atoms with Crippen molar-refractivity contribution in [1.82, 2.24) is 4.57 Å². The predicted octanol–water partition coefficient (Wildman–Crippen LogP) is 4.30. The summed E-state index contributed by atoms with van der Waals surface area (Å²) >= 11 is 0. The number of carbonyl (C=O) groups is 2. The van der Waals surface area contributed by atoms with Crippen LogP contribution in [0.2, 0.25) is 0 Å². The van der Waals surface area contributed by atoms with Crippen LogP contribution in [0.3, 0.4) is 0 Å². The first-order valence-corrected chi connectivity index (χ1v) is 8.80. The van der Waals surface area contributed by atoms with Gasteiger partial charge in [0.15, 0.2) is 0 Å². The molecule has 0 bridgehead atoms. The quantitative estimate of drug-likeness (QED) is 0.682. The number of alkyl halides is 3. The molecule has 2 rings (SSSR count). The molecule has 1 aromatic heterocycles. The first-order valence-electron chi connectivity index (χ1n) is 8.80. The number of benzene rings is 1. The van der Waals surface area contributed by atoms with E-state index in [2.05, 4.69) is 0 Å². The summed E-state index contributed by atoms with van der Waals surface area (Å²) in [6, 6.07) is 6.51. The number of halogens is 3. The van der Waals surface area contributed by atoms with Gasteiger partial charge in [0.25, 0.3) is 0 Å². The molecule has 28 heavy (non-hydrogen) atoms. The Balaban J connectivity index is 2.84. The highest BCUT2D eigenvalue weighted by Crippen LogP contribution is 2.43. The van der Waals surface area contributed by atoms with Crippen molar-refractivity contribution in [1.29, 1.82) is 0 Å². The number of rotatable bonds is 6. The average molecular weight is 397 g/mol. The third-order valence-corrected chi connectivity index (χ3v) is 4.19. The van der Waals surface area contributed by atoms with E-state index < -0.39 is 35.7 Å². The van der Waals surface area contributed by atoms with Gasteiger partial charge in [0.2, 0.25) is 0 Å². The van der Waals surface area contributed by atoms with Gasteiger partial charge < -0.3 is 14.0 Å². The van der Waals surface area contributed by atoms with Crippen LogP contribution >= 0.6 is 0 Å².